The fourth-order valence-electron chi connectivity index (χ4n) is 1.53. The molecule has 0 fully saturated rings. The first-order valence-corrected chi connectivity index (χ1v) is 7.63. The van der Waals surface area contributed by atoms with Crippen molar-refractivity contribution in [3.05, 3.63) is 40.7 Å². The number of hydrogen-bond acceptors (Lipinski definition) is 2. The van der Waals surface area contributed by atoms with Crippen molar-refractivity contribution in [1.29, 1.82) is 0 Å². The Morgan fingerprint density at radius 3 is 2.94 bits per heavy atom. The number of thioether (sulfide) groups is 1. The Morgan fingerprint density at radius 1 is 1.31 bits per heavy atom. The molecule has 84 valence electrons. The van der Waals surface area contributed by atoms with Gasteiger partial charge in [0.05, 0.1) is 0 Å². The number of benzene rings is 1. The zero-order valence-electron chi connectivity index (χ0n) is 8.70. The molecule has 1 N–H and O–H groups in total. The Morgan fingerprint density at radius 2 is 2.12 bits per heavy atom. The quantitative estimate of drug-likeness (QED) is 0.399. The van der Waals surface area contributed by atoms with E-state index in [1.165, 1.54) is 6.42 Å². The van der Waals surface area contributed by atoms with E-state index in [1.54, 1.807) is 17.8 Å². The van der Waals surface area contributed by atoms with Crippen LogP contribution in [-0.4, -0.2) is 15.2 Å². The topological polar surface area (TPSA) is 32.9 Å². The molecular formula is C12H12INOS. The standard InChI is InChI=1S/C12H12INOS/c13-6-3-7-16-11-8-12(15)14-10-5-2-1-4-9(10)11/h1-2,4-5,8H,3,6-7H2,(H,14,15). The minimum absolute atomic E-state index is 0.0179. The number of rotatable bonds is 4. The summed E-state index contributed by atoms with van der Waals surface area (Å²) in [4.78, 5) is 15.4. The number of aromatic nitrogens is 1. The van der Waals surface area contributed by atoms with Crippen LogP contribution in [0.1, 0.15) is 6.42 Å². The average Bonchev–Trinajstić information content (AvgIpc) is 2.29. The van der Waals surface area contributed by atoms with Crippen LogP contribution in [0.5, 0.6) is 0 Å². The lowest BCUT2D eigenvalue weighted by atomic mass is 10.2. The monoisotopic (exact) mass is 345 g/mol. The van der Waals surface area contributed by atoms with E-state index < -0.39 is 0 Å². The lowest BCUT2D eigenvalue weighted by molar-refractivity contribution is 1.14. The molecule has 1 heterocycles. The van der Waals surface area contributed by atoms with Crippen LogP contribution in [0.2, 0.25) is 0 Å². The van der Waals surface area contributed by atoms with Gasteiger partial charge in [-0.25, -0.2) is 0 Å². The van der Waals surface area contributed by atoms with Gasteiger partial charge in [0, 0.05) is 26.3 Å². The third-order valence-corrected chi connectivity index (χ3v) is 4.15. The van der Waals surface area contributed by atoms with Gasteiger partial charge in [-0.2, -0.15) is 0 Å². The Kier molecular flexibility index (Phi) is 4.29. The summed E-state index contributed by atoms with van der Waals surface area (Å²) in [6, 6.07) is 9.64. The van der Waals surface area contributed by atoms with E-state index in [1.807, 2.05) is 18.2 Å². The molecule has 0 saturated carbocycles. The highest BCUT2D eigenvalue weighted by Crippen LogP contribution is 2.25. The second kappa shape index (κ2) is 5.72. The highest BCUT2D eigenvalue weighted by atomic mass is 127. The van der Waals surface area contributed by atoms with Crippen LogP contribution < -0.4 is 5.56 Å². The second-order valence-corrected chi connectivity index (χ2v) is 5.65. The number of aromatic amines is 1. The normalized spacial score (nSPS) is 10.8. The Balaban J connectivity index is 2.38. The summed E-state index contributed by atoms with van der Waals surface area (Å²) in [5, 5.41) is 1.14. The predicted molar refractivity (Wildman–Crippen MR) is 78.8 cm³/mol. The van der Waals surface area contributed by atoms with Gasteiger partial charge in [-0.3, -0.25) is 4.79 Å². The molecule has 0 aliphatic heterocycles. The number of alkyl halides is 1. The van der Waals surface area contributed by atoms with E-state index in [0.717, 1.165) is 26.0 Å². The fourth-order valence-corrected chi connectivity index (χ4v) is 3.46. The third kappa shape index (κ3) is 2.79. The van der Waals surface area contributed by atoms with E-state index in [4.69, 9.17) is 0 Å². The molecule has 0 bridgehead atoms. The van der Waals surface area contributed by atoms with E-state index in [9.17, 15) is 4.79 Å². The highest BCUT2D eigenvalue weighted by molar-refractivity contribution is 14.1. The molecule has 0 saturated heterocycles. The molecule has 16 heavy (non-hydrogen) atoms. The molecule has 1 aromatic carbocycles. The molecular weight excluding hydrogens is 333 g/mol. The van der Waals surface area contributed by atoms with E-state index in [-0.39, 0.29) is 5.56 Å². The number of H-pyrrole nitrogens is 1. The van der Waals surface area contributed by atoms with Crippen molar-refractivity contribution in [1.82, 2.24) is 4.98 Å². The van der Waals surface area contributed by atoms with Crippen molar-refractivity contribution >= 4 is 45.3 Å². The van der Waals surface area contributed by atoms with Crippen LogP contribution in [-0.2, 0) is 0 Å². The molecule has 2 rings (SSSR count). The average molecular weight is 345 g/mol. The van der Waals surface area contributed by atoms with E-state index in [2.05, 4.69) is 33.6 Å². The number of fused-ring (bicyclic) bond motifs is 1. The summed E-state index contributed by atoms with van der Waals surface area (Å²) < 4.78 is 1.16. The van der Waals surface area contributed by atoms with Gasteiger partial charge in [0.15, 0.2) is 0 Å². The smallest absolute Gasteiger partial charge is 0.249 e. The van der Waals surface area contributed by atoms with Gasteiger partial charge in [0.25, 0.3) is 0 Å². The van der Waals surface area contributed by atoms with Crippen LogP contribution in [0, 0.1) is 0 Å². The molecule has 4 heteroatoms. The van der Waals surface area contributed by atoms with Crippen LogP contribution in [0.15, 0.2) is 40.0 Å². The molecule has 0 unspecified atom stereocenters. The summed E-state index contributed by atoms with van der Waals surface area (Å²) in [5.41, 5.74) is 0.905. The fraction of sp³-hybridized carbons (Fsp3) is 0.250. The minimum Gasteiger partial charge on any atom is -0.322 e. The summed E-state index contributed by atoms with van der Waals surface area (Å²) >= 11 is 4.14. The van der Waals surface area contributed by atoms with E-state index in [0.29, 0.717) is 0 Å². The summed E-state index contributed by atoms with van der Waals surface area (Å²) in [7, 11) is 0. The summed E-state index contributed by atoms with van der Waals surface area (Å²) in [5.74, 6) is 1.07. The lowest BCUT2D eigenvalue weighted by Crippen LogP contribution is -2.04. The lowest BCUT2D eigenvalue weighted by Gasteiger charge is -2.04. The van der Waals surface area contributed by atoms with Crippen molar-refractivity contribution in [2.75, 3.05) is 10.2 Å². The minimum atomic E-state index is -0.0179. The van der Waals surface area contributed by atoms with Gasteiger partial charge in [0.2, 0.25) is 5.56 Å². The predicted octanol–water partition coefficient (Wildman–Crippen LogP) is 3.45. The van der Waals surface area contributed by atoms with Crippen LogP contribution in [0.25, 0.3) is 10.9 Å². The van der Waals surface area contributed by atoms with Gasteiger partial charge < -0.3 is 4.98 Å². The molecule has 1 aromatic heterocycles. The largest absolute Gasteiger partial charge is 0.322 e. The second-order valence-electron chi connectivity index (χ2n) is 3.43. The van der Waals surface area contributed by atoms with Gasteiger partial charge in [-0.05, 0) is 18.2 Å². The van der Waals surface area contributed by atoms with Crippen LogP contribution in [0.4, 0.5) is 0 Å². The first-order valence-electron chi connectivity index (χ1n) is 5.12. The number of hydrogen-bond donors (Lipinski definition) is 1. The van der Waals surface area contributed by atoms with Gasteiger partial charge in [-0.1, -0.05) is 40.8 Å². The maximum absolute atomic E-state index is 11.5. The van der Waals surface area contributed by atoms with Gasteiger partial charge in [-0.15, -0.1) is 11.8 Å². The first kappa shape index (κ1) is 12.0. The van der Waals surface area contributed by atoms with Crippen molar-refractivity contribution in [2.24, 2.45) is 0 Å². The Labute approximate surface area is 112 Å². The molecule has 0 aliphatic carbocycles. The maximum Gasteiger partial charge on any atom is 0.249 e. The maximum atomic E-state index is 11.5. The summed E-state index contributed by atoms with van der Waals surface area (Å²) in [6.07, 6.45) is 1.17. The van der Waals surface area contributed by atoms with E-state index >= 15 is 0 Å². The van der Waals surface area contributed by atoms with Crippen LogP contribution >= 0.6 is 34.4 Å². The van der Waals surface area contributed by atoms with Gasteiger partial charge >= 0.3 is 0 Å². The van der Waals surface area contributed by atoms with Crippen molar-refractivity contribution in [3.8, 4) is 0 Å². The zero-order valence-corrected chi connectivity index (χ0v) is 11.7. The molecule has 0 atom stereocenters. The molecule has 0 spiro atoms. The Hall–Kier alpha value is -0.490. The van der Waals surface area contributed by atoms with Crippen molar-refractivity contribution in [3.63, 3.8) is 0 Å². The Bertz CT molecular complexity index is 538. The molecule has 0 radical (unpaired) electrons. The first-order chi connectivity index (χ1) is 7.81. The SMILES string of the molecule is O=c1cc(SCCCI)c2ccccc2[nH]1. The molecule has 0 aliphatic rings. The molecule has 2 aromatic rings. The number of halogens is 1. The van der Waals surface area contributed by atoms with Gasteiger partial charge in [0.1, 0.15) is 0 Å². The van der Waals surface area contributed by atoms with Crippen molar-refractivity contribution in [2.45, 2.75) is 11.3 Å². The molecule has 2 nitrogen and oxygen atoms in total. The number of pyridine rings is 1. The zero-order chi connectivity index (χ0) is 11.4. The summed E-state index contributed by atoms with van der Waals surface area (Å²) in [6.45, 7) is 0. The molecule has 0 amide bonds. The number of para-hydroxylation sites is 1. The third-order valence-electron chi connectivity index (χ3n) is 2.25. The number of nitrogens with one attached hydrogen (secondary N) is 1. The van der Waals surface area contributed by atoms with Crippen LogP contribution in [0.3, 0.4) is 0 Å². The van der Waals surface area contributed by atoms with Crippen molar-refractivity contribution < 1.29 is 0 Å². The highest BCUT2D eigenvalue weighted by Gasteiger charge is 2.02.